The van der Waals surface area contributed by atoms with Crippen LogP contribution in [0.4, 0.5) is 13.2 Å². The molecule has 2 N–H and O–H groups in total. The number of tetrazole rings is 1. The van der Waals surface area contributed by atoms with Crippen LogP contribution in [-0.2, 0) is 22.3 Å². The molecule has 226 valence electrons. The number of alkyl halides is 3. The van der Waals surface area contributed by atoms with Crippen molar-refractivity contribution < 1.29 is 27.9 Å². The highest BCUT2D eigenvalue weighted by molar-refractivity contribution is 5.85. The van der Waals surface area contributed by atoms with Gasteiger partial charge in [-0.15, -0.1) is 17.5 Å². The highest BCUT2D eigenvalue weighted by Gasteiger charge is 2.39. The first kappa shape index (κ1) is 31.2. The van der Waals surface area contributed by atoms with Gasteiger partial charge in [0.15, 0.2) is 0 Å². The number of likely N-dealkylation sites (tertiary alicyclic amines) is 2. The number of aromatic hydroxyl groups is 1. The Hall–Kier alpha value is -3.71. The normalized spacial score (nSPS) is 19.8. The lowest BCUT2D eigenvalue weighted by Crippen LogP contribution is -2.52. The molecule has 2 fully saturated rings. The van der Waals surface area contributed by atoms with Gasteiger partial charge in [0.25, 0.3) is 5.82 Å². The van der Waals surface area contributed by atoms with Gasteiger partial charge in [-0.2, -0.15) is 17.9 Å². The maximum absolute atomic E-state index is 13.5. The Morgan fingerprint density at radius 2 is 1.71 bits per heavy atom. The largest absolute Gasteiger partial charge is 0.508 e. The number of amides is 2. The molecule has 42 heavy (non-hydrogen) atoms. The van der Waals surface area contributed by atoms with E-state index in [1.54, 1.807) is 11.8 Å². The van der Waals surface area contributed by atoms with Crippen molar-refractivity contribution in [3.63, 3.8) is 0 Å². The Balaban J connectivity index is 0.00000405. The van der Waals surface area contributed by atoms with Gasteiger partial charge in [-0.25, -0.2) is 0 Å². The molecule has 2 aliphatic heterocycles. The number of nitrogens with zero attached hydrogens (tertiary/aromatic N) is 6. The predicted molar refractivity (Wildman–Crippen MR) is 149 cm³/mol. The summed E-state index contributed by atoms with van der Waals surface area (Å²) >= 11 is 0. The van der Waals surface area contributed by atoms with Crippen molar-refractivity contribution in [1.82, 2.24) is 35.3 Å². The third-order valence-electron chi connectivity index (χ3n) is 8.03. The third-order valence-corrected chi connectivity index (χ3v) is 8.03. The Labute approximate surface area is 247 Å². The fraction of sp³-hybridized carbons (Fsp3) is 0.464. The minimum Gasteiger partial charge on any atom is -0.508 e. The van der Waals surface area contributed by atoms with Gasteiger partial charge in [-0.05, 0) is 53.5 Å². The molecule has 0 radical (unpaired) electrons. The Kier molecular flexibility index (Phi) is 9.72. The molecule has 5 rings (SSSR count). The van der Waals surface area contributed by atoms with Crippen molar-refractivity contribution in [1.29, 1.82) is 0 Å². The van der Waals surface area contributed by atoms with Crippen molar-refractivity contribution in [2.45, 2.75) is 50.9 Å². The van der Waals surface area contributed by atoms with Gasteiger partial charge in [0.05, 0.1) is 5.69 Å². The molecule has 14 heteroatoms. The first-order chi connectivity index (χ1) is 19.6. The lowest BCUT2D eigenvalue weighted by molar-refractivity contribution is -0.146. The number of benzene rings is 2. The molecule has 2 amide bonds. The summed E-state index contributed by atoms with van der Waals surface area (Å²) < 4.78 is 40.6. The number of carbonyl (C=O) groups is 2. The summed E-state index contributed by atoms with van der Waals surface area (Å²) in [5.74, 6) is -1.33. The summed E-state index contributed by atoms with van der Waals surface area (Å²) in [7, 11) is 0. The summed E-state index contributed by atoms with van der Waals surface area (Å²) in [6.45, 7) is 3.98. The minimum atomic E-state index is -4.74. The number of halogens is 4. The molecule has 2 saturated heterocycles. The molecule has 3 heterocycles. The van der Waals surface area contributed by atoms with E-state index in [0.717, 1.165) is 5.56 Å². The molecule has 0 aliphatic carbocycles. The van der Waals surface area contributed by atoms with Crippen LogP contribution in [0.25, 0.3) is 5.69 Å². The Morgan fingerprint density at radius 1 is 1.02 bits per heavy atom. The number of rotatable bonds is 6. The van der Waals surface area contributed by atoms with Gasteiger partial charge in [-0.1, -0.05) is 30.3 Å². The number of nitrogens with one attached hydrogen (secondary N) is 1. The SMILES string of the molecule is CC(=O)N1CCC(C(=O)N2CC[C@H](NCc3cc(-n4nnnc4C(F)(F)F)ccc3O)[C@H](c3ccccc3)C2)CC1.Cl. The van der Waals surface area contributed by atoms with E-state index in [1.165, 1.54) is 18.2 Å². The highest BCUT2D eigenvalue weighted by atomic mass is 35.5. The molecular weight excluding hydrogens is 575 g/mol. The van der Waals surface area contributed by atoms with Gasteiger partial charge in [-0.3, -0.25) is 9.59 Å². The number of phenols is 1. The summed E-state index contributed by atoms with van der Waals surface area (Å²) in [6, 6.07) is 13.9. The lowest BCUT2D eigenvalue weighted by atomic mass is 9.84. The van der Waals surface area contributed by atoms with Crippen LogP contribution in [0.3, 0.4) is 0 Å². The number of hydrogen-bond donors (Lipinski definition) is 2. The van der Waals surface area contributed by atoms with Crippen molar-refractivity contribution >= 4 is 24.2 Å². The summed E-state index contributed by atoms with van der Waals surface area (Å²) in [6.07, 6.45) is -2.78. The Morgan fingerprint density at radius 3 is 2.38 bits per heavy atom. The zero-order valence-corrected chi connectivity index (χ0v) is 23.8. The average molecular weight is 608 g/mol. The van der Waals surface area contributed by atoms with Crippen LogP contribution >= 0.6 is 12.4 Å². The second-order valence-corrected chi connectivity index (χ2v) is 10.6. The number of phenolic OH excluding ortho intramolecular Hbond substituents is 1. The molecule has 2 atom stereocenters. The third kappa shape index (κ3) is 6.84. The van der Waals surface area contributed by atoms with Gasteiger partial charge >= 0.3 is 6.18 Å². The number of hydrogen-bond acceptors (Lipinski definition) is 7. The summed E-state index contributed by atoms with van der Waals surface area (Å²) in [4.78, 5) is 28.8. The molecule has 10 nitrogen and oxygen atoms in total. The zero-order chi connectivity index (χ0) is 29.1. The molecule has 2 aliphatic rings. The molecular formula is C28H33ClF3N7O3. The molecule has 3 aromatic rings. The van der Waals surface area contributed by atoms with Gasteiger partial charge in [0.1, 0.15) is 5.75 Å². The molecule has 0 spiro atoms. The van der Waals surface area contributed by atoms with E-state index >= 15 is 0 Å². The minimum absolute atomic E-state index is 0. The van der Waals surface area contributed by atoms with E-state index in [-0.39, 0.29) is 60.1 Å². The Bertz CT molecular complexity index is 1380. The molecule has 1 aromatic heterocycles. The van der Waals surface area contributed by atoms with E-state index in [0.29, 0.717) is 55.7 Å². The van der Waals surface area contributed by atoms with E-state index in [9.17, 15) is 27.9 Å². The fourth-order valence-electron chi connectivity index (χ4n) is 5.76. The maximum atomic E-state index is 13.5. The van der Waals surface area contributed by atoms with Crippen LogP contribution in [0, 0.1) is 5.92 Å². The first-order valence-electron chi connectivity index (χ1n) is 13.6. The van der Waals surface area contributed by atoms with Crippen molar-refractivity contribution in [2.75, 3.05) is 26.2 Å². The van der Waals surface area contributed by atoms with E-state index in [1.807, 2.05) is 35.2 Å². The van der Waals surface area contributed by atoms with Gasteiger partial charge in [0, 0.05) is 63.1 Å². The van der Waals surface area contributed by atoms with E-state index in [4.69, 9.17) is 0 Å². The monoisotopic (exact) mass is 607 g/mol. The molecule has 0 bridgehead atoms. The van der Waals surface area contributed by atoms with Crippen LogP contribution in [0.5, 0.6) is 5.75 Å². The van der Waals surface area contributed by atoms with E-state index < -0.39 is 12.0 Å². The average Bonchev–Trinajstić information content (AvgIpc) is 3.48. The van der Waals surface area contributed by atoms with Crippen LogP contribution in [0.2, 0.25) is 0 Å². The number of aromatic nitrogens is 4. The zero-order valence-electron chi connectivity index (χ0n) is 23.0. The lowest BCUT2D eigenvalue weighted by Gasteiger charge is -2.41. The molecule has 0 saturated carbocycles. The number of piperidine rings is 2. The van der Waals surface area contributed by atoms with Gasteiger partial charge < -0.3 is 20.2 Å². The van der Waals surface area contributed by atoms with Crippen LogP contribution in [0.15, 0.2) is 48.5 Å². The topological polar surface area (TPSA) is 116 Å². The second kappa shape index (κ2) is 13.1. The highest BCUT2D eigenvalue weighted by Crippen LogP contribution is 2.32. The standard InChI is InChI=1S/C28H32F3N7O3.ClH/c1-18(39)36-12-9-20(10-13-36)26(41)37-14-11-24(23(17-37)19-5-3-2-4-6-19)32-16-21-15-22(7-8-25(21)40)38-27(28(29,30)31)33-34-35-38;/h2-8,15,20,23-24,32,40H,9-14,16-17H2,1H3;1H/t23-,24-;/m0./s1. The van der Waals surface area contributed by atoms with Crippen molar-refractivity contribution in [3.8, 4) is 11.4 Å². The second-order valence-electron chi connectivity index (χ2n) is 10.6. The summed E-state index contributed by atoms with van der Waals surface area (Å²) in [5.41, 5.74) is 1.54. The van der Waals surface area contributed by atoms with Crippen LogP contribution in [-0.4, -0.2) is 79.1 Å². The quantitative estimate of drug-likeness (QED) is 0.440. The predicted octanol–water partition coefficient (Wildman–Crippen LogP) is 3.54. The fourth-order valence-corrected chi connectivity index (χ4v) is 5.76. The molecule has 0 unspecified atom stereocenters. The summed E-state index contributed by atoms with van der Waals surface area (Å²) in [5, 5.41) is 23.7. The van der Waals surface area contributed by atoms with Gasteiger partial charge in [0.2, 0.25) is 11.8 Å². The number of carbonyl (C=O) groups excluding carboxylic acids is 2. The van der Waals surface area contributed by atoms with Crippen molar-refractivity contribution in [3.05, 3.63) is 65.5 Å². The van der Waals surface area contributed by atoms with Crippen molar-refractivity contribution in [2.24, 2.45) is 5.92 Å². The van der Waals surface area contributed by atoms with Crippen LogP contribution < -0.4 is 5.32 Å². The maximum Gasteiger partial charge on any atom is 0.453 e. The first-order valence-corrected chi connectivity index (χ1v) is 13.6. The van der Waals surface area contributed by atoms with E-state index in [2.05, 4.69) is 20.8 Å². The molecule has 2 aromatic carbocycles. The smallest absolute Gasteiger partial charge is 0.453 e. The van der Waals surface area contributed by atoms with Crippen LogP contribution in [0.1, 0.15) is 49.1 Å².